The van der Waals surface area contributed by atoms with Crippen molar-refractivity contribution in [2.75, 3.05) is 6.54 Å². The summed E-state index contributed by atoms with van der Waals surface area (Å²) in [5.41, 5.74) is 1.28. The summed E-state index contributed by atoms with van der Waals surface area (Å²) in [5, 5.41) is 25.1. The van der Waals surface area contributed by atoms with Crippen LogP contribution in [0.5, 0.6) is 5.75 Å². The second-order valence-corrected chi connectivity index (χ2v) is 8.01. The van der Waals surface area contributed by atoms with E-state index in [4.69, 9.17) is 4.74 Å². The average molecular weight is 446 g/mol. The number of aryl methyl sites for hydroxylation is 1. The van der Waals surface area contributed by atoms with Crippen LogP contribution in [0.1, 0.15) is 41.3 Å². The Morgan fingerprint density at radius 1 is 1.22 bits per heavy atom. The molecule has 3 N–H and O–H groups in total. The fourth-order valence-electron chi connectivity index (χ4n) is 4.51. The SMILES string of the molecule is Cc1ncnc2c1ccn2[C@@H]1C[C@H](Oc2cc(C(F)F)c(F)c3c2CNCC3)C(O)=C1O. The lowest BCUT2D eigenvalue weighted by Gasteiger charge is -2.25. The van der Waals surface area contributed by atoms with Gasteiger partial charge in [0, 0.05) is 30.1 Å². The maximum absolute atomic E-state index is 14.6. The summed E-state index contributed by atoms with van der Waals surface area (Å²) in [4.78, 5) is 8.43. The predicted molar refractivity (Wildman–Crippen MR) is 109 cm³/mol. The number of ether oxygens (including phenoxy) is 1. The number of aliphatic hydroxyl groups excluding tert-OH is 2. The first-order valence-electron chi connectivity index (χ1n) is 10.3. The van der Waals surface area contributed by atoms with Gasteiger partial charge in [-0.25, -0.2) is 23.1 Å². The van der Waals surface area contributed by atoms with Gasteiger partial charge in [-0.05, 0) is 37.6 Å². The Hall–Kier alpha value is -3.27. The lowest BCUT2D eigenvalue weighted by atomic mass is 9.96. The molecule has 0 radical (unpaired) electrons. The van der Waals surface area contributed by atoms with Crippen molar-refractivity contribution >= 4 is 11.0 Å². The first-order chi connectivity index (χ1) is 15.4. The van der Waals surface area contributed by atoms with Crippen molar-refractivity contribution in [2.24, 2.45) is 0 Å². The van der Waals surface area contributed by atoms with Gasteiger partial charge in [0.15, 0.2) is 17.6 Å². The summed E-state index contributed by atoms with van der Waals surface area (Å²) >= 11 is 0. The normalized spacial score (nSPS) is 20.9. The third-order valence-electron chi connectivity index (χ3n) is 6.19. The van der Waals surface area contributed by atoms with Crippen molar-refractivity contribution in [3.63, 3.8) is 0 Å². The van der Waals surface area contributed by atoms with Gasteiger partial charge in [-0.1, -0.05) is 0 Å². The van der Waals surface area contributed by atoms with Crippen molar-refractivity contribution in [1.29, 1.82) is 0 Å². The van der Waals surface area contributed by atoms with Crippen LogP contribution in [-0.4, -0.2) is 37.4 Å². The highest BCUT2D eigenvalue weighted by Gasteiger charge is 2.38. The van der Waals surface area contributed by atoms with Crippen molar-refractivity contribution in [2.45, 2.75) is 44.9 Å². The molecule has 2 aliphatic rings. The molecular formula is C22H21F3N4O3. The van der Waals surface area contributed by atoms with Gasteiger partial charge >= 0.3 is 0 Å². The van der Waals surface area contributed by atoms with Crippen LogP contribution in [0, 0.1) is 12.7 Å². The lowest BCUT2D eigenvalue weighted by molar-refractivity contribution is 0.142. The summed E-state index contributed by atoms with van der Waals surface area (Å²) in [7, 11) is 0. The first-order valence-corrected chi connectivity index (χ1v) is 10.3. The average Bonchev–Trinajstić information content (AvgIpc) is 3.33. The van der Waals surface area contributed by atoms with Crippen LogP contribution in [0.3, 0.4) is 0 Å². The van der Waals surface area contributed by atoms with Crippen LogP contribution in [0.4, 0.5) is 13.2 Å². The van der Waals surface area contributed by atoms with E-state index >= 15 is 0 Å². The molecule has 0 amide bonds. The van der Waals surface area contributed by atoms with Gasteiger partial charge in [0.25, 0.3) is 6.43 Å². The molecule has 1 aliphatic carbocycles. The van der Waals surface area contributed by atoms with Crippen LogP contribution in [0.2, 0.25) is 0 Å². The zero-order valence-electron chi connectivity index (χ0n) is 17.1. The Balaban J connectivity index is 1.50. The number of hydrogen-bond acceptors (Lipinski definition) is 6. The highest BCUT2D eigenvalue weighted by Crippen LogP contribution is 2.40. The Kier molecular flexibility index (Phi) is 4.96. The molecule has 0 saturated carbocycles. The van der Waals surface area contributed by atoms with Crippen LogP contribution in [0.15, 0.2) is 36.2 Å². The zero-order chi connectivity index (χ0) is 22.6. The quantitative estimate of drug-likeness (QED) is 0.557. The highest BCUT2D eigenvalue weighted by molar-refractivity contribution is 5.78. The third kappa shape index (κ3) is 3.17. The van der Waals surface area contributed by atoms with Gasteiger partial charge in [-0.3, -0.25) is 0 Å². The Bertz CT molecular complexity index is 1240. The second kappa shape index (κ2) is 7.70. The van der Waals surface area contributed by atoms with E-state index in [0.29, 0.717) is 17.8 Å². The maximum atomic E-state index is 14.6. The molecular weight excluding hydrogens is 425 g/mol. The van der Waals surface area contributed by atoms with Crippen molar-refractivity contribution in [3.8, 4) is 5.75 Å². The minimum Gasteiger partial charge on any atom is -0.507 e. The van der Waals surface area contributed by atoms with E-state index in [0.717, 1.165) is 17.1 Å². The number of alkyl halides is 2. The van der Waals surface area contributed by atoms with E-state index in [1.807, 2.05) is 13.0 Å². The number of aliphatic hydroxyl groups is 2. The Morgan fingerprint density at radius 2 is 2.03 bits per heavy atom. The maximum Gasteiger partial charge on any atom is 0.266 e. The van der Waals surface area contributed by atoms with E-state index in [1.165, 1.54) is 6.33 Å². The third-order valence-corrected chi connectivity index (χ3v) is 6.19. The molecule has 2 aromatic heterocycles. The molecule has 32 heavy (non-hydrogen) atoms. The fourth-order valence-corrected chi connectivity index (χ4v) is 4.51. The number of halogens is 3. The molecule has 0 spiro atoms. The molecule has 3 aromatic rings. The molecule has 1 aromatic carbocycles. The first kappa shape index (κ1) is 20.6. The fraction of sp³-hybridized carbons (Fsp3) is 0.364. The van der Waals surface area contributed by atoms with Gasteiger partial charge in [0.1, 0.15) is 23.5 Å². The van der Waals surface area contributed by atoms with Gasteiger partial charge in [-0.2, -0.15) is 0 Å². The summed E-state index contributed by atoms with van der Waals surface area (Å²) < 4.78 is 49.1. The number of rotatable bonds is 4. The second-order valence-electron chi connectivity index (χ2n) is 8.01. The minimum absolute atomic E-state index is 0.0735. The van der Waals surface area contributed by atoms with Crippen LogP contribution in [0.25, 0.3) is 11.0 Å². The van der Waals surface area contributed by atoms with Gasteiger partial charge in [0.2, 0.25) is 0 Å². The van der Waals surface area contributed by atoms with E-state index < -0.39 is 30.0 Å². The molecule has 0 saturated heterocycles. The van der Waals surface area contributed by atoms with Gasteiger partial charge < -0.3 is 24.8 Å². The number of aromatic nitrogens is 3. The van der Waals surface area contributed by atoms with Crippen LogP contribution >= 0.6 is 0 Å². The lowest BCUT2D eigenvalue weighted by Crippen LogP contribution is -2.27. The Morgan fingerprint density at radius 3 is 2.81 bits per heavy atom. The topological polar surface area (TPSA) is 92.4 Å². The van der Waals surface area contributed by atoms with E-state index in [2.05, 4.69) is 15.3 Å². The number of benzene rings is 1. The molecule has 0 fully saturated rings. The molecule has 7 nitrogen and oxygen atoms in total. The van der Waals surface area contributed by atoms with E-state index in [9.17, 15) is 23.4 Å². The molecule has 10 heteroatoms. The number of nitrogens with one attached hydrogen (secondary N) is 1. The number of nitrogens with zero attached hydrogens (tertiary/aromatic N) is 3. The molecule has 5 rings (SSSR count). The molecule has 0 unspecified atom stereocenters. The van der Waals surface area contributed by atoms with Gasteiger partial charge in [-0.15, -0.1) is 0 Å². The molecule has 3 heterocycles. The highest BCUT2D eigenvalue weighted by atomic mass is 19.3. The zero-order valence-corrected chi connectivity index (χ0v) is 17.1. The predicted octanol–water partition coefficient (Wildman–Crippen LogP) is 4.18. The molecule has 2 atom stereocenters. The number of fused-ring (bicyclic) bond motifs is 2. The monoisotopic (exact) mass is 446 g/mol. The standard InChI is InChI=1S/C22H21F3N4O3/c1-10-11-3-5-29(22(11)28-9-27-10)15-7-17(20(31)19(15)30)32-16-6-13(21(24)25)18(23)12-2-4-26-8-14(12)16/h3,5-6,9,15,17,21,26,30-31H,2,4,7-8H2,1H3/t15-,17+/m1/s1. The van der Waals surface area contributed by atoms with E-state index in [-0.39, 0.29) is 42.2 Å². The van der Waals surface area contributed by atoms with Crippen LogP contribution in [-0.2, 0) is 13.0 Å². The number of allylic oxidation sites excluding steroid dienone is 1. The van der Waals surface area contributed by atoms with Crippen molar-refractivity contribution < 1.29 is 28.1 Å². The molecule has 0 bridgehead atoms. The summed E-state index contributed by atoms with van der Waals surface area (Å²) in [6, 6.07) is 2.15. The smallest absolute Gasteiger partial charge is 0.266 e. The van der Waals surface area contributed by atoms with Crippen molar-refractivity contribution in [1.82, 2.24) is 19.9 Å². The Labute approximate surface area is 181 Å². The summed E-state index contributed by atoms with van der Waals surface area (Å²) in [5.74, 6) is -1.51. The number of hydrogen-bond donors (Lipinski definition) is 3. The summed E-state index contributed by atoms with van der Waals surface area (Å²) in [6.07, 6.45) is -0.424. The van der Waals surface area contributed by atoms with Crippen molar-refractivity contribution in [3.05, 3.63) is 64.4 Å². The van der Waals surface area contributed by atoms with Gasteiger partial charge in [0.05, 0.1) is 17.3 Å². The summed E-state index contributed by atoms with van der Waals surface area (Å²) in [6.45, 7) is 2.57. The van der Waals surface area contributed by atoms with E-state index in [1.54, 1.807) is 10.8 Å². The minimum atomic E-state index is -3.00. The largest absolute Gasteiger partial charge is 0.507 e. The van der Waals surface area contributed by atoms with Crippen LogP contribution < -0.4 is 10.1 Å². The molecule has 1 aliphatic heterocycles. The molecule has 168 valence electrons.